The summed E-state index contributed by atoms with van der Waals surface area (Å²) in [6, 6.07) is 12.4. The molecule has 1 atom stereocenters. The summed E-state index contributed by atoms with van der Waals surface area (Å²) >= 11 is 1.68. The minimum atomic E-state index is 0.0111. The fraction of sp³-hybridized carbons (Fsp3) is 0.176. The second kappa shape index (κ2) is 5.66. The third-order valence-electron chi connectivity index (χ3n) is 3.41. The molecule has 0 saturated carbocycles. The van der Waals surface area contributed by atoms with Crippen LogP contribution in [-0.4, -0.2) is 24.6 Å². The molecule has 1 aromatic heterocycles. The van der Waals surface area contributed by atoms with E-state index in [1.807, 2.05) is 31.3 Å². The molecule has 0 saturated heterocycles. The lowest BCUT2D eigenvalue weighted by Gasteiger charge is -2.09. The number of aliphatic imine (C=N–C) groups is 2. The first-order chi connectivity index (χ1) is 10.2. The fourth-order valence-corrected chi connectivity index (χ4v) is 3.32. The van der Waals surface area contributed by atoms with Crippen molar-refractivity contribution in [3.05, 3.63) is 58.3 Å². The Kier molecular flexibility index (Phi) is 3.71. The molecule has 1 aliphatic rings. The van der Waals surface area contributed by atoms with E-state index >= 15 is 0 Å². The lowest BCUT2D eigenvalue weighted by molar-refractivity contribution is 0.921. The van der Waals surface area contributed by atoms with Crippen molar-refractivity contribution in [2.75, 3.05) is 7.05 Å². The van der Waals surface area contributed by atoms with Gasteiger partial charge in [-0.3, -0.25) is 4.99 Å². The van der Waals surface area contributed by atoms with Crippen molar-refractivity contribution in [3.8, 4) is 0 Å². The van der Waals surface area contributed by atoms with Gasteiger partial charge >= 0.3 is 0 Å². The fourth-order valence-electron chi connectivity index (χ4n) is 2.36. The number of thiophene rings is 1. The first-order valence-corrected chi connectivity index (χ1v) is 7.70. The van der Waals surface area contributed by atoms with E-state index in [9.17, 15) is 0 Å². The van der Waals surface area contributed by atoms with Gasteiger partial charge in [-0.15, -0.1) is 11.3 Å². The van der Waals surface area contributed by atoms with Crippen LogP contribution in [0.3, 0.4) is 0 Å². The highest BCUT2D eigenvalue weighted by Gasteiger charge is 2.22. The van der Waals surface area contributed by atoms with E-state index in [-0.39, 0.29) is 6.04 Å². The number of amidine groups is 1. The number of rotatable bonds is 2. The van der Waals surface area contributed by atoms with Gasteiger partial charge in [0, 0.05) is 17.5 Å². The Bertz CT molecular complexity index is 726. The third-order valence-corrected chi connectivity index (χ3v) is 4.54. The molecule has 21 heavy (non-hydrogen) atoms. The van der Waals surface area contributed by atoms with Crippen LogP contribution < -0.4 is 5.32 Å². The summed E-state index contributed by atoms with van der Waals surface area (Å²) < 4.78 is 0. The van der Waals surface area contributed by atoms with E-state index in [1.165, 1.54) is 0 Å². The van der Waals surface area contributed by atoms with Crippen LogP contribution >= 0.6 is 11.3 Å². The van der Waals surface area contributed by atoms with Crippen LogP contribution in [0.2, 0.25) is 0 Å². The maximum atomic E-state index is 4.89. The molecule has 0 fully saturated rings. The van der Waals surface area contributed by atoms with Gasteiger partial charge in [0.05, 0.1) is 16.3 Å². The summed E-state index contributed by atoms with van der Waals surface area (Å²) in [5.41, 5.74) is 3.09. The third kappa shape index (κ3) is 2.54. The number of hydrogen-bond donors (Lipinski definition) is 1. The van der Waals surface area contributed by atoms with Gasteiger partial charge in [0.1, 0.15) is 11.9 Å². The van der Waals surface area contributed by atoms with E-state index < -0.39 is 0 Å². The van der Waals surface area contributed by atoms with Crippen LogP contribution in [0.4, 0.5) is 5.69 Å². The molecule has 0 amide bonds. The average Bonchev–Trinajstić information content (AvgIpc) is 2.88. The molecule has 106 valence electrons. The zero-order valence-electron chi connectivity index (χ0n) is 12.1. The summed E-state index contributed by atoms with van der Waals surface area (Å²) in [4.78, 5) is 11.8. The topological polar surface area (TPSA) is 36.8 Å². The molecule has 0 aliphatic carbocycles. The Balaban J connectivity index is 2.21. The van der Waals surface area contributed by atoms with Crippen LogP contribution in [0.5, 0.6) is 0 Å². The molecule has 1 N–H and O–H groups in total. The highest BCUT2D eigenvalue weighted by molar-refractivity contribution is 7.15. The molecular formula is C17H17N3S. The Labute approximate surface area is 128 Å². The first-order valence-electron chi connectivity index (χ1n) is 6.89. The smallest absolute Gasteiger partial charge is 0.127 e. The van der Waals surface area contributed by atoms with E-state index in [0.717, 1.165) is 32.6 Å². The molecule has 1 aromatic carbocycles. The van der Waals surface area contributed by atoms with Crippen molar-refractivity contribution < 1.29 is 0 Å². The minimum absolute atomic E-state index is 0.0111. The van der Waals surface area contributed by atoms with Crippen molar-refractivity contribution in [1.29, 1.82) is 0 Å². The standard InChI is InChI=1S/C17H17N3S/c1-4-13-10-14-16(21-13)15(12-8-6-5-7-9-12)19-11(2)17(18-3)20-14/h4-11H,1H2,2-3H3,(H,18,20). The molecule has 4 heteroatoms. The first kappa shape index (κ1) is 13.8. The monoisotopic (exact) mass is 295 g/mol. The number of hydrogen-bond acceptors (Lipinski definition) is 4. The van der Waals surface area contributed by atoms with E-state index in [0.29, 0.717) is 0 Å². The van der Waals surface area contributed by atoms with Crippen molar-refractivity contribution >= 4 is 34.6 Å². The average molecular weight is 295 g/mol. The predicted octanol–water partition coefficient (Wildman–Crippen LogP) is 3.88. The van der Waals surface area contributed by atoms with Crippen molar-refractivity contribution in [2.45, 2.75) is 13.0 Å². The SMILES string of the molecule is C=Cc1cc2c(s1)C(c1ccccc1)=NC(C)C(NC)=N2. The van der Waals surface area contributed by atoms with E-state index in [2.05, 4.69) is 37.0 Å². The minimum Gasteiger partial charge on any atom is -0.375 e. The Hall–Kier alpha value is -2.20. The van der Waals surface area contributed by atoms with Gasteiger partial charge in [0.25, 0.3) is 0 Å². The molecule has 3 nitrogen and oxygen atoms in total. The Morgan fingerprint density at radius 1 is 1.29 bits per heavy atom. The second-order valence-electron chi connectivity index (χ2n) is 4.83. The molecule has 3 rings (SSSR count). The molecule has 0 bridgehead atoms. The van der Waals surface area contributed by atoms with Gasteiger partial charge in [0.2, 0.25) is 0 Å². The van der Waals surface area contributed by atoms with Crippen molar-refractivity contribution in [1.82, 2.24) is 5.32 Å². The number of nitrogens with zero attached hydrogens (tertiary/aromatic N) is 2. The van der Waals surface area contributed by atoms with Crippen molar-refractivity contribution in [3.63, 3.8) is 0 Å². The van der Waals surface area contributed by atoms with Gasteiger partial charge in [0.15, 0.2) is 0 Å². The molecule has 2 aromatic rings. The van der Waals surface area contributed by atoms with Gasteiger partial charge in [-0.2, -0.15) is 0 Å². The van der Waals surface area contributed by atoms with E-state index in [1.54, 1.807) is 11.3 Å². The molecule has 1 aliphatic heterocycles. The van der Waals surface area contributed by atoms with Crippen LogP contribution in [0.25, 0.3) is 6.08 Å². The summed E-state index contributed by atoms with van der Waals surface area (Å²) in [5.74, 6) is 0.885. The van der Waals surface area contributed by atoms with Crippen LogP contribution in [0.1, 0.15) is 22.2 Å². The Morgan fingerprint density at radius 3 is 2.71 bits per heavy atom. The molecule has 1 unspecified atom stereocenters. The summed E-state index contributed by atoms with van der Waals surface area (Å²) in [6.45, 7) is 5.91. The van der Waals surface area contributed by atoms with E-state index in [4.69, 9.17) is 9.98 Å². The molecule has 0 radical (unpaired) electrons. The number of likely N-dealkylation sites (N-methyl/N-ethyl adjacent to an activating group) is 1. The lowest BCUT2D eigenvalue weighted by atomic mass is 10.1. The summed E-state index contributed by atoms with van der Waals surface area (Å²) in [6.07, 6.45) is 1.86. The zero-order chi connectivity index (χ0) is 14.8. The lowest BCUT2D eigenvalue weighted by Crippen LogP contribution is -2.28. The Morgan fingerprint density at radius 2 is 2.05 bits per heavy atom. The second-order valence-corrected chi connectivity index (χ2v) is 5.92. The van der Waals surface area contributed by atoms with Crippen LogP contribution in [0, 0.1) is 0 Å². The van der Waals surface area contributed by atoms with Gasteiger partial charge < -0.3 is 5.32 Å². The maximum absolute atomic E-state index is 4.89. The normalized spacial score (nSPS) is 17.3. The maximum Gasteiger partial charge on any atom is 0.127 e. The number of nitrogens with one attached hydrogen (secondary N) is 1. The highest BCUT2D eigenvalue weighted by Crippen LogP contribution is 2.34. The highest BCUT2D eigenvalue weighted by atomic mass is 32.1. The molecule has 2 heterocycles. The molecular weight excluding hydrogens is 278 g/mol. The van der Waals surface area contributed by atoms with Gasteiger partial charge in [-0.25, -0.2) is 4.99 Å². The van der Waals surface area contributed by atoms with Crippen LogP contribution in [0.15, 0.2) is 53.0 Å². The zero-order valence-corrected chi connectivity index (χ0v) is 12.9. The quantitative estimate of drug-likeness (QED) is 0.897. The summed E-state index contributed by atoms with van der Waals surface area (Å²) in [5, 5.41) is 3.16. The predicted molar refractivity (Wildman–Crippen MR) is 92.1 cm³/mol. The largest absolute Gasteiger partial charge is 0.375 e. The number of fused-ring (bicyclic) bond motifs is 1. The molecule has 0 spiro atoms. The summed E-state index contributed by atoms with van der Waals surface area (Å²) in [7, 11) is 1.89. The van der Waals surface area contributed by atoms with Crippen molar-refractivity contribution in [2.24, 2.45) is 9.98 Å². The van der Waals surface area contributed by atoms with Gasteiger partial charge in [-0.1, -0.05) is 43.0 Å². The number of benzene rings is 1. The van der Waals surface area contributed by atoms with Gasteiger partial charge in [-0.05, 0) is 13.0 Å². The van der Waals surface area contributed by atoms with Crippen LogP contribution in [-0.2, 0) is 0 Å².